The molecule has 1 aliphatic carbocycles. The van der Waals surface area contributed by atoms with E-state index >= 15 is 0 Å². The van der Waals surface area contributed by atoms with E-state index in [2.05, 4.69) is 18.9 Å². The van der Waals surface area contributed by atoms with Crippen LogP contribution in [0.3, 0.4) is 0 Å². The summed E-state index contributed by atoms with van der Waals surface area (Å²) < 4.78 is 5.11. The van der Waals surface area contributed by atoms with Crippen molar-refractivity contribution in [1.82, 2.24) is 4.90 Å². The zero-order valence-corrected chi connectivity index (χ0v) is 10.8. The number of likely N-dealkylation sites (N-methyl/N-ethyl adjacent to an activating group) is 1. The van der Waals surface area contributed by atoms with Crippen LogP contribution in [0.1, 0.15) is 31.4 Å². The zero-order valence-electron chi connectivity index (χ0n) is 10.8. The molecular weight excluding hydrogens is 214 g/mol. The van der Waals surface area contributed by atoms with Crippen LogP contribution in [0.25, 0.3) is 0 Å². The Hall–Kier alpha value is -1.06. The van der Waals surface area contributed by atoms with Gasteiger partial charge < -0.3 is 9.84 Å². The Morgan fingerprint density at radius 2 is 1.88 bits per heavy atom. The molecule has 1 saturated carbocycles. The molecule has 0 spiro atoms. The molecule has 94 valence electrons. The lowest BCUT2D eigenvalue weighted by Gasteiger charge is -2.29. The van der Waals surface area contributed by atoms with Crippen molar-refractivity contribution >= 4 is 0 Å². The molecule has 1 N–H and O–H groups in total. The van der Waals surface area contributed by atoms with Crippen LogP contribution in [-0.4, -0.2) is 36.2 Å². The van der Waals surface area contributed by atoms with E-state index in [0.717, 1.165) is 11.3 Å². The van der Waals surface area contributed by atoms with Gasteiger partial charge in [0.25, 0.3) is 0 Å². The normalized spacial score (nSPS) is 19.1. The summed E-state index contributed by atoms with van der Waals surface area (Å²) >= 11 is 0. The van der Waals surface area contributed by atoms with Crippen molar-refractivity contribution in [2.75, 3.05) is 14.2 Å². The van der Waals surface area contributed by atoms with E-state index in [9.17, 15) is 5.11 Å². The molecule has 3 heteroatoms. The summed E-state index contributed by atoms with van der Waals surface area (Å²) in [6.07, 6.45) is 2.08. The van der Waals surface area contributed by atoms with Gasteiger partial charge in [-0.2, -0.15) is 0 Å². The van der Waals surface area contributed by atoms with E-state index in [0.29, 0.717) is 6.04 Å². The monoisotopic (exact) mass is 235 g/mol. The molecule has 1 aliphatic rings. The molecular formula is C14H21NO2. The third-order valence-electron chi connectivity index (χ3n) is 3.68. The minimum Gasteiger partial charge on any atom is -0.497 e. The molecule has 0 amide bonds. The summed E-state index contributed by atoms with van der Waals surface area (Å²) in [6, 6.07) is 8.46. The predicted molar refractivity (Wildman–Crippen MR) is 68.2 cm³/mol. The Kier molecular flexibility index (Phi) is 3.69. The smallest absolute Gasteiger partial charge is 0.118 e. The van der Waals surface area contributed by atoms with Gasteiger partial charge in [0.15, 0.2) is 0 Å². The van der Waals surface area contributed by atoms with Gasteiger partial charge in [0.05, 0.1) is 13.2 Å². The Morgan fingerprint density at radius 3 is 2.35 bits per heavy atom. The van der Waals surface area contributed by atoms with Gasteiger partial charge in [-0.25, -0.2) is 0 Å². The maximum atomic E-state index is 10.3. The number of aliphatic hydroxyl groups is 1. The standard InChI is InChI=1S/C14H21NO2/c1-10(15(2)12-6-7-12)14(16)11-4-8-13(17-3)9-5-11/h4-5,8-10,12,14,16H,6-7H2,1-3H3. The van der Waals surface area contributed by atoms with Crippen LogP contribution in [0, 0.1) is 0 Å². The second-order valence-electron chi connectivity index (χ2n) is 4.86. The van der Waals surface area contributed by atoms with Gasteiger partial charge in [-0.1, -0.05) is 12.1 Å². The Morgan fingerprint density at radius 1 is 1.29 bits per heavy atom. The highest BCUT2D eigenvalue weighted by atomic mass is 16.5. The molecule has 1 aromatic rings. The lowest BCUT2D eigenvalue weighted by Crippen LogP contribution is -2.35. The largest absolute Gasteiger partial charge is 0.497 e. The quantitative estimate of drug-likeness (QED) is 0.849. The van der Waals surface area contributed by atoms with Crippen LogP contribution in [0.15, 0.2) is 24.3 Å². The molecule has 0 radical (unpaired) electrons. The maximum absolute atomic E-state index is 10.3. The zero-order chi connectivity index (χ0) is 12.4. The number of rotatable bonds is 5. The lowest BCUT2D eigenvalue weighted by atomic mass is 10.0. The summed E-state index contributed by atoms with van der Waals surface area (Å²) in [4.78, 5) is 2.27. The second-order valence-corrected chi connectivity index (χ2v) is 4.86. The van der Waals surface area contributed by atoms with E-state index in [1.165, 1.54) is 12.8 Å². The maximum Gasteiger partial charge on any atom is 0.118 e. The van der Waals surface area contributed by atoms with Crippen LogP contribution in [0.5, 0.6) is 5.75 Å². The van der Waals surface area contributed by atoms with Crippen molar-refractivity contribution in [3.8, 4) is 5.75 Å². The molecule has 1 fully saturated rings. The van der Waals surface area contributed by atoms with Crippen molar-refractivity contribution < 1.29 is 9.84 Å². The van der Waals surface area contributed by atoms with E-state index < -0.39 is 6.10 Å². The lowest BCUT2D eigenvalue weighted by molar-refractivity contribution is 0.0685. The van der Waals surface area contributed by atoms with Gasteiger partial charge in [-0.3, -0.25) is 4.90 Å². The van der Waals surface area contributed by atoms with E-state index in [1.807, 2.05) is 24.3 Å². The highest BCUT2D eigenvalue weighted by Crippen LogP contribution is 2.31. The average molecular weight is 235 g/mol. The van der Waals surface area contributed by atoms with Gasteiger partial charge in [0.2, 0.25) is 0 Å². The summed E-state index contributed by atoms with van der Waals surface area (Å²) in [5.41, 5.74) is 0.950. The number of benzene rings is 1. The van der Waals surface area contributed by atoms with Crippen molar-refractivity contribution in [2.24, 2.45) is 0 Å². The summed E-state index contributed by atoms with van der Waals surface area (Å²) in [7, 11) is 3.74. The Labute approximate surface area is 103 Å². The SMILES string of the molecule is COc1ccc(C(O)C(C)N(C)C2CC2)cc1. The first-order valence-electron chi connectivity index (χ1n) is 6.17. The van der Waals surface area contributed by atoms with Gasteiger partial charge in [0.1, 0.15) is 5.75 Å². The first-order chi connectivity index (χ1) is 8.13. The van der Waals surface area contributed by atoms with Gasteiger partial charge in [0, 0.05) is 12.1 Å². The number of aliphatic hydroxyl groups excluding tert-OH is 1. The predicted octanol–water partition coefficient (Wildman–Crippen LogP) is 2.21. The first-order valence-corrected chi connectivity index (χ1v) is 6.17. The molecule has 17 heavy (non-hydrogen) atoms. The summed E-state index contributed by atoms with van der Waals surface area (Å²) in [5, 5.41) is 10.3. The Balaban J connectivity index is 2.03. The van der Waals surface area contributed by atoms with Crippen LogP contribution < -0.4 is 4.74 Å². The van der Waals surface area contributed by atoms with E-state index in [1.54, 1.807) is 7.11 Å². The summed E-state index contributed by atoms with van der Waals surface area (Å²) in [5.74, 6) is 0.823. The van der Waals surface area contributed by atoms with Crippen LogP contribution >= 0.6 is 0 Å². The molecule has 0 aromatic heterocycles. The first kappa shape index (κ1) is 12.4. The van der Waals surface area contributed by atoms with Crippen LogP contribution in [0.2, 0.25) is 0 Å². The molecule has 1 aromatic carbocycles. The molecule has 0 aliphatic heterocycles. The van der Waals surface area contributed by atoms with Crippen molar-refractivity contribution in [3.05, 3.63) is 29.8 Å². The van der Waals surface area contributed by atoms with Crippen molar-refractivity contribution in [3.63, 3.8) is 0 Å². The third-order valence-corrected chi connectivity index (χ3v) is 3.68. The minimum atomic E-state index is -0.438. The third kappa shape index (κ3) is 2.79. The number of methoxy groups -OCH3 is 1. The fourth-order valence-corrected chi connectivity index (χ4v) is 2.12. The number of hydrogen-bond donors (Lipinski definition) is 1. The Bertz CT molecular complexity index is 359. The fraction of sp³-hybridized carbons (Fsp3) is 0.571. The second kappa shape index (κ2) is 5.07. The molecule has 0 heterocycles. The molecule has 0 bridgehead atoms. The van der Waals surface area contributed by atoms with Gasteiger partial charge in [-0.05, 0) is 44.5 Å². The van der Waals surface area contributed by atoms with Crippen LogP contribution in [-0.2, 0) is 0 Å². The molecule has 3 nitrogen and oxygen atoms in total. The van der Waals surface area contributed by atoms with Gasteiger partial charge in [-0.15, -0.1) is 0 Å². The molecule has 2 atom stereocenters. The van der Waals surface area contributed by atoms with E-state index in [4.69, 9.17) is 4.74 Å². The van der Waals surface area contributed by atoms with Crippen LogP contribution in [0.4, 0.5) is 0 Å². The fourth-order valence-electron chi connectivity index (χ4n) is 2.12. The molecule has 0 saturated heterocycles. The molecule has 2 rings (SSSR count). The topological polar surface area (TPSA) is 32.7 Å². The van der Waals surface area contributed by atoms with Gasteiger partial charge >= 0.3 is 0 Å². The number of hydrogen-bond acceptors (Lipinski definition) is 3. The minimum absolute atomic E-state index is 0.149. The van der Waals surface area contributed by atoms with E-state index in [-0.39, 0.29) is 6.04 Å². The average Bonchev–Trinajstić information content (AvgIpc) is 3.20. The highest BCUT2D eigenvalue weighted by molar-refractivity contribution is 5.29. The van der Waals surface area contributed by atoms with Crippen molar-refractivity contribution in [2.45, 2.75) is 38.0 Å². The number of ether oxygens (including phenoxy) is 1. The molecule has 2 unspecified atom stereocenters. The number of nitrogens with zero attached hydrogens (tertiary/aromatic N) is 1. The van der Waals surface area contributed by atoms with Crippen molar-refractivity contribution in [1.29, 1.82) is 0 Å². The summed E-state index contributed by atoms with van der Waals surface area (Å²) in [6.45, 7) is 2.08. The highest BCUT2D eigenvalue weighted by Gasteiger charge is 2.32.